The lowest BCUT2D eigenvalue weighted by Crippen LogP contribution is -2.49. The van der Waals surface area contributed by atoms with Crippen molar-refractivity contribution < 1.29 is 14.0 Å². The Bertz CT molecular complexity index is 1910. The van der Waals surface area contributed by atoms with Crippen LogP contribution in [0.15, 0.2) is 52.4 Å². The molecule has 7 rings (SSSR count). The highest BCUT2D eigenvalue weighted by atomic mass is 79.9. The largest absolute Gasteiger partial charge is 0.494 e. The molecule has 4 aromatic rings. The highest BCUT2D eigenvalue weighted by Gasteiger charge is 2.30. The fourth-order valence-electron chi connectivity index (χ4n) is 7.02. The van der Waals surface area contributed by atoms with Gasteiger partial charge in [0.25, 0.3) is 0 Å². The van der Waals surface area contributed by atoms with E-state index in [1.807, 2.05) is 30.4 Å². The van der Waals surface area contributed by atoms with Crippen LogP contribution in [0.3, 0.4) is 0 Å². The number of halogens is 1. The Labute approximate surface area is 295 Å². The van der Waals surface area contributed by atoms with Crippen molar-refractivity contribution in [3.8, 4) is 5.75 Å². The van der Waals surface area contributed by atoms with E-state index in [9.17, 15) is 4.57 Å². The van der Waals surface area contributed by atoms with E-state index in [1.165, 1.54) is 11.3 Å². The number of ether oxygens (including phenoxy) is 2. The molecule has 2 saturated heterocycles. The molecule has 0 saturated carbocycles. The van der Waals surface area contributed by atoms with Gasteiger partial charge in [-0.1, -0.05) is 0 Å². The van der Waals surface area contributed by atoms with Gasteiger partial charge in [0, 0.05) is 88.3 Å². The topological polar surface area (TPSA) is 133 Å². The van der Waals surface area contributed by atoms with Gasteiger partial charge in [0.1, 0.15) is 24.2 Å². The van der Waals surface area contributed by atoms with Crippen LogP contribution in [0.25, 0.3) is 11.0 Å². The molecule has 49 heavy (non-hydrogen) atoms. The number of piperidine rings is 1. The van der Waals surface area contributed by atoms with E-state index < -0.39 is 7.14 Å². The Morgan fingerprint density at radius 2 is 1.78 bits per heavy atom. The molecule has 2 fully saturated rings. The van der Waals surface area contributed by atoms with Crippen molar-refractivity contribution in [1.82, 2.24) is 29.8 Å². The molecule has 0 bridgehead atoms. The number of nitrogens with one attached hydrogen (secondary N) is 2. The molecule has 0 amide bonds. The summed E-state index contributed by atoms with van der Waals surface area (Å²) in [5, 5.41) is 14.0. The lowest BCUT2D eigenvalue weighted by Gasteiger charge is -2.41. The first kappa shape index (κ1) is 33.6. The molecule has 1 atom stereocenters. The maximum absolute atomic E-state index is 13.5. The first-order valence-corrected chi connectivity index (χ1v) is 20.0. The minimum absolute atomic E-state index is 0.125. The summed E-state index contributed by atoms with van der Waals surface area (Å²) in [6, 6.07) is 8.61. The first-order valence-electron chi connectivity index (χ1n) is 16.6. The van der Waals surface area contributed by atoms with Crippen LogP contribution >= 0.6 is 23.1 Å². The van der Waals surface area contributed by atoms with Crippen molar-refractivity contribution in [3.63, 3.8) is 0 Å². The number of hydrogen-bond acceptors (Lipinski definition) is 13. The van der Waals surface area contributed by atoms with Crippen LogP contribution in [0, 0.1) is 0 Å². The fourth-order valence-corrected chi connectivity index (χ4v) is 8.70. The van der Waals surface area contributed by atoms with E-state index in [4.69, 9.17) is 14.5 Å². The lowest BCUT2D eigenvalue weighted by molar-refractivity contribution is 0.0115. The SMILES string of the molecule is COc1cc(N2CCC(N3CCOCC3)CC2)c(C2C=NN(C)C2)cc1Nc1ncc(Br)c(Nc2ccc3nccnc3c2P(C)(C)=O)n1. The molecule has 5 heterocycles. The third-order valence-electron chi connectivity index (χ3n) is 9.42. The maximum Gasteiger partial charge on any atom is 0.229 e. The van der Waals surface area contributed by atoms with Crippen molar-refractivity contribution in [2.24, 2.45) is 5.10 Å². The van der Waals surface area contributed by atoms with Gasteiger partial charge in [-0.05, 0) is 65.9 Å². The number of anilines is 5. The predicted octanol–water partition coefficient (Wildman–Crippen LogP) is 5.24. The highest BCUT2D eigenvalue weighted by Crippen LogP contribution is 2.42. The maximum atomic E-state index is 13.5. The summed E-state index contributed by atoms with van der Waals surface area (Å²) >= 11 is 3.60. The Morgan fingerprint density at radius 1 is 1.00 bits per heavy atom. The molecular formula is C34H42BrN10O3P. The van der Waals surface area contributed by atoms with Crippen molar-refractivity contribution in [1.29, 1.82) is 0 Å². The summed E-state index contributed by atoms with van der Waals surface area (Å²) in [6.45, 7) is 9.88. The molecule has 2 aromatic heterocycles. The van der Waals surface area contributed by atoms with Gasteiger partial charge in [-0.15, -0.1) is 0 Å². The number of aromatic nitrogens is 4. The fraction of sp³-hybridized carbons (Fsp3) is 0.441. The molecule has 15 heteroatoms. The molecule has 13 nitrogen and oxygen atoms in total. The minimum Gasteiger partial charge on any atom is -0.494 e. The van der Waals surface area contributed by atoms with Crippen molar-refractivity contribution >= 4 is 74.5 Å². The molecule has 1 unspecified atom stereocenters. The summed E-state index contributed by atoms with van der Waals surface area (Å²) in [7, 11) is 0.927. The number of hydrazone groups is 1. The molecule has 0 spiro atoms. The van der Waals surface area contributed by atoms with Crippen molar-refractivity contribution in [3.05, 3.63) is 52.9 Å². The molecule has 2 aromatic carbocycles. The Kier molecular flexibility index (Phi) is 9.74. The zero-order valence-electron chi connectivity index (χ0n) is 28.3. The molecule has 0 aliphatic carbocycles. The number of benzene rings is 2. The number of nitrogens with zero attached hydrogens (tertiary/aromatic N) is 8. The third kappa shape index (κ3) is 7.23. The number of hydrogen-bond donors (Lipinski definition) is 2. The molecule has 2 N–H and O–H groups in total. The number of morpholine rings is 1. The van der Waals surface area contributed by atoms with E-state index in [2.05, 4.69) is 68.5 Å². The van der Waals surface area contributed by atoms with Gasteiger partial charge in [-0.25, -0.2) is 4.98 Å². The second kappa shape index (κ2) is 14.2. The van der Waals surface area contributed by atoms with Crippen molar-refractivity contribution in [2.75, 3.05) is 89.0 Å². The molecular weight excluding hydrogens is 707 g/mol. The van der Waals surface area contributed by atoms with Crippen LogP contribution in [-0.4, -0.2) is 116 Å². The van der Waals surface area contributed by atoms with Gasteiger partial charge in [-0.2, -0.15) is 10.1 Å². The van der Waals surface area contributed by atoms with Crippen LogP contribution in [0.4, 0.5) is 28.8 Å². The monoisotopic (exact) mass is 748 g/mol. The molecule has 3 aliphatic rings. The zero-order valence-corrected chi connectivity index (χ0v) is 30.7. The molecule has 258 valence electrons. The Morgan fingerprint density at radius 3 is 2.49 bits per heavy atom. The summed E-state index contributed by atoms with van der Waals surface area (Å²) in [6.07, 6.45) is 9.19. The standard InChI is InChI=1S/C34H42BrN10O3P/c1-43-21-22(19-39-43)24-17-28(30(47-2)18-29(24)45-11-7-23(8-12-45)44-13-15-48-16-14-44)41-34-38-20-25(35)33(42-34)40-27-6-5-26-31(37-10-9-36-26)32(27)49(3,4)46/h5-6,9-10,17-20,22-23H,7-8,11-16,21H2,1-4H3,(H2,38,40,41,42). The van der Waals surface area contributed by atoms with Gasteiger partial charge in [0.15, 0.2) is 0 Å². The predicted molar refractivity (Wildman–Crippen MR) is 199 cm³/mol. The highest BCUT2D eigenvalue weighted by molar-refractivity contribution is 9.10. The normalized spacial score (nSPS) is 19.1. The van der Waals surface area contributed by atoms with E-state index >= 15 is 0 Å². The van der Waals surface area contributed by atoms with Gasteiger partial charge in [0.2, 0.25) is 5.95 Å². The van der Waals surface area contributed by atoms with Gasteiger partial charge < -0.3 is 29.6 Å². The second-order valence-electron chi connectivity index (χ2n) is 13.1. The number of fused-ring (bicyclic) bond motifs is 1. The Balaban J connectivity index is 1.18. The second-order valence-corrected chi connectivity index (χ2v) is 17.1. The van der Waals surface area contributed by atoms with Gasteiger partial charge in [-0.3, -0.25) is 19.9 Å². The summed E-state index contributed by atoms with van der Waals surface area (Å²) in [5.41, 5.74) is 5.05. The number of rotatable bonds is 9. The van der Waals surface area contributed by atoms with E-state index in [0.29, 0.717) is 50.1 Å². The van der Waals surface area contributed by atoms with E-state index in [0.717, 1.165) is 64.5 Å². The van der Waals surface area contributed by atoms with E-state index in [-0.39, 0.29) is 5.92 Å². The van der Waals surface area contributed by atoms with Crippen LogP contribution in [0.2, 0.25) is 0 Å². The van der Waals surface area contributed by atoms with Gasteiger partial charge >= 0.3 is 0 Å². The van der Waals surface area contributed by atoms with Crippen molar-refractivity contribution in [2.45, 2.75) is 24.8 Å². The van der Waals surface area contributed by atoms with Crippen LogP contribution < -0.4 is 25.6 Å². The van der Waals surface area contributed by atoms with Gasteiger partial charge in [0.05, 0.1) is 47.0 Å². The first-order chi connectivity index (χ1) is 23.7. The number of methoxy groups -OCH3 is 1. The van der Waals surface area contributed by atoms with E-state index in [1.54, 1.807) is 39.0 Å². The minimum atomic E-state index is -2.76. The summed E-state index contributed by atoms with van der Waals surface area (Å²) in [4.78, 5) is 23.4. The Hall–Kier alpha value is -3.84. The smallest absolute Gasteiger partial charge is 0.229 e. The lowest BCUT2D eigenvalue weighted by atomic mass is 9.94. The third-order valence-corrected chi connectivity index (χ3v) is 11.5. The molecule has 0 radical (unpaired) electrons. The van der Waals surface area contributed by atoms with Crippen LogP contribution in [-0.2, 0) is 9.30 Å². The summed E-state index contributed by atoms with van der Waals surface area (Å²) < 4.78 is 25.7. The number of likely N-dealkylation sites (N-methyl/N-ethyl adjacent to an activating group) is 1. The average Bonchev–Trinajstić information content (AvgIpc) is 3.55. The van der Waals surface area contributed by atoms with Crippen LogP contribution in [0.5, 0.6) is 5.75 Å². The summed E-state index contributed by atoms with van der Waals surface area (Å²) in [5.74, 6) is 1.72. The zero-order chi connectivity index (χ0) is 34.1. The molecule has 3 aliphatic heterocycles. The average molecular weight is 750 g/mol. The quantitative estimate of drug-likeness (QED) is 0.217. The van der Waals surface area contributed by atoms with Crippen LogP contribution in [0.1, 0.15) is 24.3 Å².